The van der Waals surface area contributed by atoms with Crippen LogP contribution in [0, 0.1) is 0 Å². The fraction of sp³-hybridized carbons (Fsp3) is 0.655. The number of hydrogen-bond donors (Lipinski definition) is 2. The molecule has 4 aliphatic heterocycles. The number of benzene rings is 1. The van der Waals surface area contributed by atoms with Gasteiger partial charge in [-0.25, -0.2) is 4.39 Å². The fourth-order valence-corrected chi connectivity index (χ4v) is 7.55. The molecule has 4 atom stereocenters. The molecular weight excluding hydrogens is 501 g/mol. The summed E-state index contributed by atoms with van der Waals surface area (Å²) in [5, 5.41) is 10.5. The van der Waals surface area contributed by atoms with Crippen molar-refractivity contribution < 1.29 is 23.7 Å². The minimum Gasteiger partial charge on any atom is -0.461 e. The molecule has 7 rings (SSSR count). The van der Waals surface area contributed by atoms with Gasteiger partial charge >= 0.3 is 6.01 Å². The van der Waals surface area contributed by atoms with Gasteiger partial charge in [-0.1, -0.05) is 6.07 Å². The zero-order chi connectivity index (χ0) is 26.6. The average molecular weight is 540 g/mol. The van der Waals surface area contributed by atoms with E-state index < -0.39 is 17.9 Å². The van der Waals surface area contributed by atoms with Gasteiger partial charge in [0, 0.05) is 43.7 Å². The van der Waals surface area contributed by atoms with E-state index >= 15 is 0 Å². The van der Waals surface area contributed by atoms with E-state index in [4.69, 9.17) is 29.9 Å². The second-order valence-electron chi connectivity index (χ2n) is 12.0. The summed E-state index contributed by atoms with van der Waals surface area (Å²) in [6.45, 7) is 3.95. The Hall–Kier alpha value is -2.53. The second-order valence-corrected chi connectivity index (χ2v) is 12.0. The second kappa shape index (κ2) is 9.83. The predicted molar refractivity (Wildman–Crippen MR) is 144 cm³/mol. The molecule has 9 nitrogen and oxygen atoms in total. The normalized spacial score (nSPS) is 32.5. The Labute approximate surface area is 228 Å². The van der Waals surface area contributed by atoms with Crippen LogP contribution in [0.15, 0.2) is 18.2 Å². The Balaban J connectivity index is 1.25. The average Bonchev–Trinajstić information content (AvgIpc) is 3.35. The first-order valence-electron chi connectivity index (χ1n) is 14.4. The molecule has 0 saturated carbocycles. The molecule has 3 fully saturated rings. The van der Waals surface area contributed by atoms with Crippen molar-refractivity contribution in [2.75, 3.05) is 56.6 Å². The lowest BCUT2D eigenvalue weighted by Crippen LogP contribution is -2.44. The zero-order valence-corrected chi connectivity index (χ0v) is 22.4. The lowest BCUT2D eigenvalue weighted by molar-refractivity contribution is -0.0855. The zero-order valence-electron chi connectivity index (χ0n) is 22.4. The number of aryl methyl sites for hydroxylation is 1. The van der Waals surface area contributed by atoms with Crippen molar-refractivity contribution in [1.29, 1.82) is 0 Å². The minimum atomic E-state index is -0.816. The van der Waals surface area contributed by atoms with Crippen LogP contribution in [-0.4, -0.2) is 83.8 Å². The molecular formula is C29H38FN5O4. The van der Waals surface area contributed by atoms with Crippen LogP contribution in [0.1, 0.15) is 54.5 Å². The fourth-order valence-electron chi connectivity index (χ4n) is 7.55. The van der Waals surface area contributed by atoms with Crippen LogP contribution < -0.4 is 15.4 Å². The highest BCUT2D eigenvalue weighted by Gasteiger charge is 2.49. The number of rotatable bonds is 4. The van der Waals surface area contributed by atoms with Crippen molar-refractivity contribution >= 4 is 11.5 Å². The SMILES string of the molecule is Nc1ccc2c(c1)C1(CCC2)Cc2nc(OCC34CCCN3CC(F)C4)nc(N3CCOCC(O)C3)c2CO1. The smallest absolute Gasteiger partial charge is 0.318 e. The molecule has 1 aliphatic carbocycles. The van der Waals surface area contributed by atoms with Gasteiger partial charge < -0.3 is 30.0 Å². The van der Waals surface area contributed by atoms with Gasteiger partial charge in [0.15, 0.2) is 0 Å². The van der Waals surface area contributed by atoms with E-state index in [0.29, 0.717) is 64.9 Å². The van der Waals surface area contributed by atoms with Crippen molar-refractivity contribution in [3.05, 3.63) is 40.6 Å². The molecule has 3 N–H and O–H groups in total. The molecule has 5 heterocycles. The van der Waals surface area contributed by atoms with Crippen LogP contribution in [0.2, 0.25) is 0 Å². The lowest BCUT2D eigenvalue weighted by atomic mass is 9.74. The van der Waals surface area contributed by atoms with Crippen LogP contribution in [0.5, 0.6) is 6.01 Å². The first-order valence-corrected chi connectivity index (χ1v) is 14.4. The quantitative estimate of drug-likeness (QED) is 0.567. The number of ether oxygens (including phenoxy) is 3. The van der Waals surface area contributed by atoms with Crippen LogP contribution >= 0.6 is 0 Å². The van der Waals surface area contributed by atoms with E-state index in [1.165, 1.54) is 5.56 Å². The summed E-state index contributed by atoms with van der Waals surface area (Å²) in [6, 6.07) is 6.45. The maximum Gasteiger partial charge on any atom is 0.318 e. The summed E-state index contributed by atoms with van der Waals surface area (Å²) >= 11 is 0. The minimum absolute atomic E-state index is 0.282. The number of nitrogen functional groups attached to an aromatic ring is 1. The van der Waals surface area contributed by atoms with Gasteiger partial charge in [-0.3, -0.25) is 4.90 Å². The highest BCUT2D eigenvalue weighted by atomic mass is 19.1. The molecule has 2 aromatic rings. The number of nitrogens with zero attached hydrogens (tertiary/aromatic N) is 4. The molecule has 210 valence electrons. The molecule has 0 radical (unpaired) electrons. The number of aromatic nitrogens is 2. The lowest BCUT2D eigenvalue weighted by Gasteiger charge is -2.43. The Morgan fingerprint density at radius 1 is 1.18 bits per heavy atom. The molecule has 4 unspecified atom stereocenters. The van der Waals surface area contributed by atoms with Gasteiger partial charge in [0.1, 0.15) is 18.6 Å². The Morgan fingerprint density at radius 3 is 3.03 bits per heavy atom. The molecule has 0 amide bonds. The number of fused-ring (bicyclic) bond motifs is 4. The third-order valence-electron chi connectivity index (χ3n) is 9.43. The summed E-state index contributed by atoms with van der Waals surface area (Å²) in [5.74, 6) is 0.730. The van der Waals surface area contributed by atoms with Gasteiger partial charge in [0.25, 0.3) is 0 Å². The van der Waals surface area contributed by atoms with E-state index in [-0.39, 0.29) is 5.54 Å². The largest absolute Gasteiger partial charge is 0.461 e. The number of hydrogen-bond acceptors (Lipinski definition) is 9. The molecule has 5 aliphatic rings. The third-order valence-corrected chi connectivity index (χ3v) is 9.43. The first kappa shape index (κ1) is 25.4. The number of nitrogens with two attached hydrogens (primary N) is 1. The van der Waals surface area contributed by atoms with Crippen LogP contribution in [0.25, 0.3) is 0 Å². The van der Waals surface area contributed by atoms with E-state index in [0.717, 1.165) is 67.0 Å². The molecule has 3 saturated heterocycles. The summed E-state index contributed by atoms with van der Waals surface area (Å²) < 4.78 is 33.0. The number of aliphatic hydroxyl groups is 1. The molecule has 1 aromatic heterocycles. The number of β-amino-alcohol motifs (C(OH)–C–C–N with tert-alkyl or cyclic N) is 1. The molecule has 10 heteroatoms. The summed E-state index contributed by atoms with van der Waals surface area (Å²) in [7, 11) is 0. The number of aliphatic hydroxyl groups excluding tert-OH is 1. The third kappa shape index (κ3) is 4.55. The number of anilines is 2. The first-order chi connectivity index (χ1) is 18.9. The maximum atomic E-state index is 14.4. The Bertz CT molecular complexity index is 1250. The summed E-state index contributed by atoms with van der Waals surface area (Å²) in [4.78, 5) is 14.2. The summed E-state index contributed by atoms with van der Waals surface area (Å²) in [6.07, 6.45) is 4.58. The van der Waals surface area contributed by atoms with E-state index in [1.807, 2.05) is 6.07 Å². The van der Waals surface area contributed by atoms with Crippen molar-refractivity contribution in [3.8, 4) is 6.01 Å². The van der Waals surface area contributed by atoms with Gasteiger partial charge in [0.2, 0.25) is 0 Å². The van der Waals surface area contributed by atoms with Crippen LogP contribution in [0.3, 0.4) is 0 Å². The Morgan fingerprint density at radius 2 is 2.10 bits per heavy atom. The van der Waals surface area contributed by atoms with Crippen molar-refractivity contribution in [3.63, 3.8) is 0 Å². The topological polar surface area (TPSA) is 106 Å². The van der Waals surface area contributed by atoms with Crippen molar-refractivity contribution in [1.82, 2.24) is 14.9 Å². The number of alkyl halides is 1. The van der Waals surface area contributed by atoms with E-state index in [1.54, 1.807) is 0 Å². The van der Waals surface area contributed by atoms with E-state index in [9.17, 15) is 9.50 Å². The van der Waals surface area contributed by atoms with Crippen molar-refractivity contribution in [2.24, 2.45) is 0 Å². The predicted octanol–water partition coefficient (Wildman–Crippen LogP) is 2.52. The van der Waals surface area contributed by atoms with Gasteiger partial charge in [0.05, 0.1) is 42.8 Å². The Kier molecular flexibility index (Phi) is 6.41. The van der Waals surface area contributed by atoms with Crippen molar-refractivity contribution in [2.45, 2.75) is 75.0 Å². The highest BCUT2D eigenvalue weighted by molar-refractivity contribution is 5.54. The van der Waals surface area contributed by atoms with Gasteiger partial charge in [-0.05, 0) is 61.9 Å². The molecule has 0 bridgehead atoms. The van der Waals surface area contributed by atoms with Gasteiger partial charge in [-0.15, -0.1) is 0 Å². The van der Waals surface area contributed by atoms with Gasteiger partial charge in [-0.2, -0.15) is 9.97 Å². The van der Waals surface area contributed by atoms with Crippen LogP contribution in [-0.2, 0) is 34.5 Å². The molecule has 1 spiro atoms. The summed E-state index contributed by atoms with van der Waals surface area (Å²) in [5.41, 5.74) is 10.5. The number of halogens is 1. The molecule has 1 aromatic carbocycles. The monoisotopic (exact) mass is 539 g/mol. The van der Waals surface area contributed by atoms with E-state index in [2.05, 4.69) is 21.9 Å². The standard InChI is InChI=1S/C29H38FN5O4/c30-20-12-28(6-2-8-35(28)14-20)18-38-27-32-25-13-29(7-1-3-19-4-5-21(31)11-24(19)29)39-17-23(25)26(33-27)34-9-10-37-16-22(36)15-34/h4-5,11,20,22,36H,1-3,6-10,12-18,31H2. The maximum absolute atomic E-state index is 14.4. The highest BCUT2D eigenvalue weighted by Crippen LogP contribution is 2.47. The molecule has 39 heavy (non-hydrogen) atoms. The van der Waals surface area contributed by atoms with Crippen LogP contribution in [0.4, 0.5) is 15.9 Å².